The van der Waals surface area contributed by atoms with Crippen LogP contribution < -0.4 is 5.32 Å². The first-order chi connectivity index (χ1) is 5.18. The SMILES string of the molecule is Cc1cc(CNC(C)C)cs1. The maximum absolute atomic E-state index is 3.38. The fraction of sp³-hybridized carbons (Fsp3) is 0.556. The van der Waals surface area contributed by atoms with E-state index in [0.29, 0.717) is 6.04 Å². The van der Waals surface area contributed by atoms with E-state index in [0.717, 1.165) is 6.54 Å². The summed E-state index contributed by atoms with van der Waals surface area (Å²) in [4.78, 5) is 1.39. The summed E-state index contributed by atoms with van der Waals surface area (Å²) in [7, 11) is 0. The van der Waals surface area contributed by atoms with E-state index < -0.39 is 0 Å². The quantitative estimate of drug-likeness (QED) is 0.733. The first-order valence-corrected chi connectivity index (χ1v) is 4.84. The van der Waals surface area contributed by atoms with Crippen LogP contribution in [-0.2, 0) is 6.54 Å². The molecule has 0 aliphatic rings. The molecular formula is C9H15NS. The molecule has 1 nitrogen and oxygen atoms in total. The van der Waals surface area contributed by atoms with E-state index in [-0.39, 0.29) is 0 Å². The summed E-state index contributed by atoms with van der Waals surface area (Å²) in [6.07, 6.45) is 0. The molecule has 0 amide bonds. The zero-order valence-electron chi connectivity index (χ0n) is 7.35. The Kier molecular flexibility index (Phi) is 3.09. The highest BCUT2D eigenvalue weighted by molar-refractivity contribution is 7.10. The van der Waals surface area contributed by atoms with Crippen molar-refractivity contribution >= 4 is 11.3 Å². The summed E-state index contributed by atoms with van der Waals surface area (Å²) in [5.74, 6) is 0. The van der Waals surface area contributed by atoms with Gasteiger partial charge in [-0.3, -0.25) is 0 Å². The van der Waals surface area contributed by atoms with Gasteiger partial charge in [0.1, 0.15) is 0 Å². The van der Waals surface area contributed by atoms with Crippen LogP contribution in [0.15, 0.2) is 11.4 Å². The average molecular weight is 169 g/mol. The molecule has 0 spiro atoms. The van der Waals surface area contributed by atoms with E-state index in [1.165, 1.54) is 10.4 Å². The van der Waals surface area contributed by atoms with Crippen molar-refractivity contribution in [3.05, 3.63) is 21.9 Å². The smallest absolute Gasteiger partial charge is 0.0216 e. The second-order valence-corrected chi connectivity index (χ2v) is 4.22. The van der Waals surface area contributed by atoms with Crippen molar-refractivity contribution in [2.75, 3.05) is 0 Å². The molecule has 62 valence electrons. The van der Waals surface area contributed by atoms with Crippen molar-refractivity contribution in [3.63, 3.8) is 0 Å². The first kappa shape index (κ1) is 8.75. The van der Waals surface area contributed by atoms with Crippen molar-refractivity contribution in [1.29, 1.82) is 0 Å². The summed E-state index contributed by atoms with van der Waals surface area (Å²) in [6.45, 7) is 7.48. The second kappa shape index (κ2) is 3.88. The van der Waals surface area contributed by atoms with E-state index in [4.69, 9.17) is 0 Å². The lowest BCUT2D eigenvalue weighted by molar-refractivity contribution is 0.589. The molecule has 1 rings (SSSR count). The number of thiophene rings is 1. The van der Waals surface area contributed by atoms with E-state index in [1.807, 2.05) is 11.3 Å². The van der Waals surface area contributed by atoms with E-state index in [1.54, 1.807) is 0 Å². The number of aryl methyl sites for hydroxylation is 1. The Balaban J connectivity index is 2.39. The van der Waals surface area contributed by atoms with Crippen LogP contribution >= 0.6 is 11.3 Å². The van der Waals surface area contributed by atoms with Crippen LogP contribution in [0.2, 0.25) is 0 Å². The standard InChI is InChI=1S/C9H15NS/c1-7(2)10-5-9-4-8(3)11-6-9/h4,6-7,10H,5H2,1-3H3. The monoisotopic (exact) mass is 169 g/mol. The Morgan fingerprint density at radius 1 is 1.55 bits per heavy atom. The van der Waals surface area contributed by atoms with Crippen molar-refractivity contribution in [1.82, 2.24) is 5.32 Å². The molecule has 1 heterocycles. The largest absolute Gasteiger partial charge is 0.310 e. The van der Waals surface area contributed by atoms with E-state index in [9.17, 15) is 0 Å². The van der Waals surface area contributed by atoms with Crippen LogP contribution in [-0.4, -0.2) is 6.04 Å². The zero-order valence-corrected chi connectivity index (χ0v) is 8.16. The molecule has 0 radical (unpaired) electrons. The van der Waals surface area contributed by atoms with Gasteiger partial charge in [0.25, 0.3) is 0 Å². The Labute approximate surface area is 72.4 Å². The minimum Gasteiger partial charge on any atom is -0.310 e. The van der Waals surface area contributed by atoms with Gasteiger partial charge in [0.05, 0.1) is 0 Å². The Morgan fingerprint density at radius 2 is 2.27 bits per heavy atom. The molecule has 0 aromatic carbocycles. The molecule has 11 heavy (non-hydrogen) atoms. The van der Waals surface area contributed by atoms with Crippen LogP contribution in [0.25, 0.3) is 0 Å². The fourth-order valence-electron chi connectivity index (χ4n) is 0.912. The number of hydrogen-bond acceptors (Lipinski definition) is 2. The van der Waals surface area contributed by atoms with Crippen LogP contribution in [0.3, 0.4) is 0 Å². The lowest BCUT2D eigenvalue weighted by atomic mass is 10.3. The molecule has 0 saturated carbocycles. The Hall–Kier alpha value is -0.340. The topological polar surface area (TPSA) is 12.0 Å². The third-order valence-electron chi connectivity index (χ3n) is 1.50. The summed E-state index contributed by atoms with van der Waals surface area (Å²) < 4.78 is 0. The highest BCUT2D eigenvalue weighted by Crippen LogP contribution is 2.12. The van der Waals surface area contributed by atoms with Gasteiger partial charge in [-0.15, -0.1) is 11.3 Å². The van der Waals surface area contributed by atoms with Crippen molar-refractivity contribution in [2.24, 2.45) is 0 Å². The maximum Gasteiger partial charge on any atom is 0.0216 e. The zero-order chi connectivity index (χ0) is 8.27. The third-order valence-corrected chi connectivity index (χ3v) is 2.41. The summed E-state index contributed by atoms with van der Waals surface area (Å²) in [5, 5.41) is 5.59. The predicted molar refractivity (Wildman–Crippen MR) is 51.0 cm³/mol. The van der Waals surface area contributed by atoms with Gasteiger partial charge in [-0.25, -0.2) is 0 Å². The summed E-state index contributed by atoms with van der Waals surface area (Å²) >= 11 is 1.82. The third kappa shape index (κ3) is 3.04. The molecule has 0 aliphatic carbocycles. The molecule has 1 aromatic heterocycles. The van der Waals surface area contributed by atoms with Crippen molar-refractivity contribution in [2.45, 2.75) is 33.4 Å². The molecule has 0 atom stereocenters. The first-order valence-electron chi connectivity index (χ1n) is 3.96. The maximum atomic E-state index is 3.38. The van der Waals surface area contributed by atoms with Gasteiger partial charge in [-0.2, -0.15) is 0 Å². The van der Waals surface area contributed by atoms with Crippen LogP contribution in [0, 0.1) is 6.92 Å². The van der Waals surface area contributed by atoms with Crippen molar-refractivity contribution in [3.8, 4) is 0 Å². The highest BCUT2D eigenvalue weighted by Gasteiger charge is 1.96. The molecular weight excluding hydrogens is 154 g/mol. The van der Waals surface area contributed by atoms with Gasteiger partial charge >= 0.3 is 0 Å². The molecule has 2 heteroatoms. The lowest BCUT2D eigenvalue weighted by Gasteiger charge is -2.05. The summed E-state index contributed by atoms with van der Waals surface area (Å²) in [6, 6.07) is 2.82. The van der Waals surface area contributed by atoms with Gasteiger partial charge in [0.2, 0.25) is 0 Å². The van der Waals surface area contributed by atoms with Gasteiger partial charge in [0.15, 0.2) is 0 Å². The van der Waals surface area contributed by atoms with Gasteiger partial charge in [0, 0.05) is 17.5 Å². The number of rotatable bonds is 3. The molecule has 1 N–H and O–H groups in total. The van der Waals surface area contributed by atoms with Crippen LogP contribution in [0.4, 0.5) is 0 Å². The van der Waals surface area contributed by atoms with E-state index in [2.05, 4.69) is 37.5 Å². The molecule has 0 fully saturated rings. The van der Waals surface area contributed by atoms with E-state index >= 15 is 0 Å². The molecule has 0 unspecified atom stereocenters. The highest BCUT2D eigenvalue weighted by atomic mass is 32.1. The van der Waals surface area contributed by atoms with Gasteiger partial charge in [-0.05, 0) is 23.9 Å². The van der Waals surface area contributed by atoms with Gasteiger partial charge in [-0.1, -0.05) is 13.8 Å². The molecule has 1 aromatic rings. The minimum atomic E-state index is 0.579. The Bertz CT molecular complexity index is 215. The second-order valence-electron chi connectivity index (χ2n) is 3.10. The molecule has 0 bridgehead atoms. The molecule has 0 aliphatic heterocycles. The summed E-state index contributed by atoms with van der Waals surface area (Å²) in [5.41, 5.74) is 1.40. The normalized spacial score (nSPS) is 10.9. The van der Waals surface area contributed by atoms with Crippen LogP contribution in [0.1, 0.15) is 24.3 Å². The number of hydrogen-bond donors (Lipinski definition) is 1. The molecule has 0 saturated heterocycles. The van der Waals surface area contributed by atoms with Crippen LogP contribution in [0.5, 0.6) is 0 Å². The predicted octanol–water partition coefficient (Wildman–Crippen LogP) is 2.55. The fourth-order valence-corrected chi connectivity index (χ4v) is 1.62. The lowest BCUT2D eigenvalue weighted by Crippen LogP contribution is -2.21. The van der Waals surface area contributed by atoms with Gasteiger partial charge < -0.3 is 5.32 Å². The minimum absolute atomic E-state index is 0.579. The average Bonchev–Trinajstić information content (AvgIpc) is 2.31. The number of nitrogens with one attached hydrogen (secondary N) is 1. The Morgan fingerprint density at radius 3 is 2.73 bits per heavy atom. The van der Waals surface area contributed by atoms with Crippen molar-refractivity contribution < 1.29 is 0 Å².